The maximum absolute atomic E-state index is 13.2. The molecule has 3 fully saturated rings. The number of halogens is 2. The van der Waals surface area contributed by atoms with E-state index in [9.17, 15) is 19.2 Å². The van der Waals surface area contributed by atoms with Crippen molar-refractivity contribution in [3.8, 4) is 5.75 Å². The number of esters is 1. The van der Waals surface area contributed by atoms with Crippen LogP contribution in [-0.2, 0) is 14.4 Å². The summed E-state index contributed by atoms with van der Waals surface area (Å²) >= 11 is 6.69. The lowest BCUT2D eigenvalue weighted by molar-refractivity contribution is -0.133. The summed E-state index contributed by atoms with van der Waals surface area (Å²) in [5.41, 5.74) is 0.202. The van der Waals surface area contributed by atoms with Crippen LogP contribution < -0.4 is 10.1 Å². The molecule has 4 rings (SSSR count). The molecule has 9 heteroatoms. The van der Waals surface area contributed by atoms with Gasteiger partial charge in [-0.3, -0.25) is 24.6 Å². The number of ether oxygens (including phenoxy) is 1. The second-order valence-corrected chi connectivity index (χ2v) is 9.40. The van der Waals surface area contributed by atoms with Crippen LogP contribution in [0.5, 0.6) is 5.75 Å². The van der Waals surface area contributed by atoms with E-state index < -0.39 is 23.8 Å². The molecule has 0 aromatic heterocycles. The number of barbiturate groups is 1. The van der Waals surface area contributed by atoms with Gasteiger partial charge in [-0.2, -0.15) is 0 Å². The molecule has 1 aromatic rings. The quantitative estimate of drug-likeness (QED) is 0.280. The minimum atomic E-state index is -0.760. The standard InChI is InChI=1S/C20H18Br2N2O5/c1-9(25)29-17-12(6-13(21)8-15(17)22)7-14-18(26)23-20(28)24(19(14)27)16-5-10-2-3-11(16)4-10/h6-8,10-11,16H,2-5H2,1H3,(H,23,26,28)/b14-7-/t10-,11-,16+/m0/s1. The van der Waals surface area contributed by atoms with Crippen LogP contribution >= 0.6 is 31.9 Å². The summed E-state index contributed by atoms with van der Waals surface area (Å²) in [6.45, 7) is 1.26. The molecule has 7 nitrogen and oxygen atoms in total. The Bertz CT molecular complexity index is 974. The van der Waals surface area contributed by atoms with Crippen molar-refractivity contribution >= 4 is 61.8 Å². The van der Waals surface area contributed by atoms with Crippen molar-refractivity contribution in [2.24, 2.45) is 11.8 Å². The Balaban J connectivity index is 1.73. The van der Waals surface area contributed by atoms with Gasteiger partial charge in [-0.15, -0.1) is 0 Å². The van der Waals surface area contributed by atoms with Gasteiger partial charge < -0.3 is 4.74 Å². The first kappa shape index (κ1) is 20.3. The first-order valence-electron chi connectivity index (χ1n) is 9.32. The molecule has 3 aliphatic rings. The topological polar surface area (TPSA) is 92.8 Å². The number of carbonyl (C=O) groups is 4. The Kier molecular flexibility index (Phi) is 5.37. The summed E-state index contributed by atoms with van der Waals surface area (Å²) in [4.78, 5) is 50.8. The van der Waals surface area contributed by atoms with Crippen LogP contribution in [0.1, 0.15) is 38.2 Å². The van der Waals surface area contributed by atoms with Gasteiger partial charge in [0, 0.05) is 23.0 Å². The third-order valence-corrected chi connectivity index (χ3v) is 6.80. The zero-order valence-electron chi connectivity index (χ0n) is 15.5. The normalized spacial score (nSPS) is 27.6. The summed E-state index contributed by atoms with van der Waals surface area (Å²) < 4.78 is 6.40. The molecule has 0 unspecified atom stereocenters. The Morgan fingerprint density at radius 3 is 2.59 bits per heavy atom. The van der Waals surface area contributed by atoms with E-state index in [1.165, 1.54) is 17.9 Å². The molecule has 1 aliphatic heterocycles. The number of benzene rings is 1. The number of rotatable bonds is 3. The van der Waals surface area contributed by atoms with Crippen LogP contribution in [0.25, 0.3) is 6.08 Å². The number of fused-ring (bicyclic) bond motifs is 2. The van der Waals surface area contributed by atoms with Crippen LogP contribution in [0.2, 0.25) is 0 Å². The van der Waals surface area contributed by atoms with E-state index in [2.05, 4.69) is 37.2 Å². The van der Waals surface area contributed by atoms with E-state index in [-0.39, 0.29) is 17.4 Å². The molecule has 0 spiro atoms. The third-order valence-electron chi connectivity index (χ3n) is 5.75. The van der Waals surface area contributed by atoms with E-state index in [1.807, 2.05) is 0 Å². The second kappa shape index (κ2) is 7.68. The highest BCUT2D eigenvalue weighted by atomic mass is 79.9. The summed E-state index contributed by atoms with van der Waals surface area (Å²) in [5.74, 6) is -0.887. The number of carbonyl (C=O) groups excluding carboxylic acids is 4. The Morgan fingerprint density at radius 1 is 1.21 bits per heavy atom. The highest BCUT2D eigenvalue weighted by molar-refractivity contribution is 9.11. The number of imide groups is 2. The minimum absolute atomic E-state index is 0.161. The van der Waals surface area contributed by atoms with Gasteiger partial charge in [-0.25, -0.2) is 4.79 Å². The van der Waals surface area contributed by atoms with Crippen molar-refractivity contribution in [3.05, 3.63) is 32.2 Å². The van der Waals surface area contributed by atoms with Crippen LogP contribution in [0.4, 0.5) is 4.79 Å². The molecule has 3 atom stereocenters. The van der Waals surface area contributed by atoms with Crippen LogP contribution in [0.15, 0.2) is 26.7 Å². The first-order chi connectivity index (χ1) is 13.7. The number of hydrogen-bond donors (Lipinski definition) is 1. The van der Waals surface area contributed by atoms with Crippen LogP contribution in [0.3, 0.4) is 0 Å². The predicted octanol–water partition coefficient (Wildman–Crippen LogP) is 3.79. The number of nitrogens with one attached hydrogen (secondary N) is 1. The molecule has 1 N–H and O–H groups in total. The lowest BCUT2D eigenvalue weighted by Gasteiger charge is -2.35. The number of amides is 4. The molecule has 1 aromatic carbocycles. The lowest BCUT2D eigenvalue weighted by Crippen LogP contribution is -2.58. The van der Waals surface area contributed by atoms with E-state index in [4.69, 9.17) is 4.74 Å². The van der Waals surface area contributed by atoms with Crippen molar-refractivity contribution < 1.29 is 23.9 Å². The van der Waals surface area contributed by atoms with E-state index in [0.29, 0.717) is 26.3 Å². The van der Waals surface area contributed by atoms with Gasteiger partial charge in [0.1, 0.15) is 5.57 Å². The fraction of sp³-hybridized carbons (Fsp3) is 0.400. The van der Waals surface area contributed by atoms with Crippen LogP contribution in [0, 0.1) is 11.8 Å². The zero-order chi connectivity index (χ0) is 20.9. The van der Waals surface area contributed by atoms with E-state index in [0.717, 1.165) is 25.7 Å². The Morgan fingerprint density at radius 2 is 1.97 bits per heavy atom. The smallest absolute Gasteiger partial charge is 0.331 e. The second-order valence-electron chi connectivity index (χ2n) is 7.63. The largest absolute Gasteiger partial charge is 0.425 e. The molecule has 2 saturated carbocycles. The summed E-state index contributed by atoms with van der Waals surface area (Å²) in [5, 5.41) is 2.28. The molecule has 1 heterocycles. The highest BCUT2D eigenvalue weighted by Gasteiger charge is 2.49. The SMILES string of the molecule is CC(=O)Oc1c(Br)cc(Br)cc1/C=C1/C(=O)NC(=O)N([C@@H]2C[C@H]3CC[C@H]2C3)C1=O. The average Bonchev–Trinajstić information content (AvgIpc) is 3.24. The van der Waals surface area contributed by atoms with Crippen molar-refractivity contribution in [1.82, 2.24) is 10.2 Å². The molecular formula is C20H18Br2N2O5. The van der Waals surface area contributed by atoms with Crippen molar-refractivity contribution in [2.45, 2.75) is 38.6 Å². The zero-order valence-corrected chi connectivity index (χ0v) is 18.7. The molecular weight excluding hydrogens is 508 g/mol. The van der Waals surface area contributed by atoms with Crippen LogP contribution in [-0.4, -0.2) is 34.8 Å². The Labute approximate surface area is 184 Å². The summed E-state index contributed by atoms with van der Waals surface area (Å²) in [6.07, 6.45) is 5.28. The van der Waals surface area contributed by atoms with Gasteiger partial charge in [0.15, 0.2) is 5.75 Å². The highest BCUT2D eigenvalue weighted by Crippen LogP contribution is 2.47. The fourth-order valence-corrected chi connectivity index (χ4v) is 5.93. The van der Waals surface area contributed by atoms with Crippen molar-refractivity contribution in [1.29, 1.82) is 0 Å². The molecule has 4 amide bonds. The van der Waals surface area contributed by atoms with Gasteiger partial charge in [-0.05, 0) is 65.2 Å². The van der Waals surface area contributed by atoms with E-state index >= 15 is 0 Å². The molecule has 1 saturated heterocycles. The van der Waals surface area contributed by atoms with Crippen molar-refractivity contribution in [2.75, 3.05) is 0 Å². The molecule has 152 valence electrons. The van der Waals surface area contributed by atoms with Gasteiger partial charge in [0.05, 0.1) is 4.47 Å². The first-order valence-corrected chi connectivity index (χ1v) is 10.9. The van der Waals surface area contributed by atoms with Gasteiger partial charge in [0.2, 0.25) is 0 Å². The average molecular weight is 526 g/mol. The molecule has 2 aliphatic carbocycles. The summed E-state index contributed by atoms with van der Waals surface area (Å²) in [6, 6.07) is 2.48. The molecule has 29 heavy (non-hydrogen) atoms. The number of urea groups is 1. The number of nitrogens with zero attached hydrogens (tertiary/aromatic N) is 1. The minimum Gasteiger partial charge on any atom is -0.425 e. The fourth-order valence-electron chi connectivity index (χ4n) is 4.59. The van der Waals surface area contributed by atoms with E-state index in [1.54, 1.807) is 12.1 Å². The summed E-state index contributed by atoms with van der Waals surface area (Å²) in [7, 11) is 0. The van der Waals surface area contributed by atoms with Gasteiger partial charge in [-0.1, -0.05) is 22.4 Å². The maximum atomic E-state index is 13.2. The monoisotopic (exact) mass is 524 g/mol. The molecule has 2 bridgehead atoms. The maximum Gasteiger partial charge on any atom is 0.331 e. The molecule has 0 radical (unpaired) electrons. The predicted molar refractivity (Wildman–Crippen MR) is 111 cm³/mol. The lowest BCUT2D eigenvalue weighted by atomic mass is 9.93. The number of hydrogen-bond acceptors (Lipinski definition) is 5. The van der Waals surface area contributed by atoms with Crippen molar-refractivity contribution in [3.63, 3.8) is 0 Å². The third kappa shape index (κ3) is 3.77. The van der Waals surface area contributed by atoms with Gasteiger partial charge in [0.25, 0.3) is 11.8 Å². The van der Waals surface area contributed by atoms with Gasteiger partial charge >= 0.3 is 12.0 Å². The Hall–Kier alpha value is -2.00.